The lowest BCUT2D eigenvalue weighted by Crippen LogP contribution is -2.33. The number of piperidine rings is 1. The molecule has 0 saturated carbocycles. The Morgan fingerprint density at radius 3 is 1.70 bits per heavy atom. The van der Waals surface area contributed by atoms with Gasteiger partial charge < -0.3 is 30.3 Å². The fraction of sp³-hybridized carbons (Fsp3) is 0.333. The lowest BCUT2D eigenvalue weighted by Gasteiger charge is -2.26. The molecule has 11 rings (SSSR count). The molecule has 8 aromatic rings. The van der Waals surface area contributed by atoms with Crippen LogP contribution in [0.4, 0.5) is 34.6 Å². The van der Waals surface area contributed by atoms with Crippen LogP contribution in [-0.2, 0) is 0 Å². The number of imidazole rings is 2. The summed E-state index contributed by atoms with van der Waals surface area (Å²) in [5.74, 6) is 4.64. The summed E-state index contributed by atoms with van der Waals surface area (Å²) < 4.78 is 9.66. The number of fused-ring (bicyclic) bond motifs is 2. The smallest absolute Gasteiger partial charge is 0.177 e. The lowest BCUT2D eigenvalue weighted by molar-refractivity contribution is 0.183. The van der Waals surface area contributed by atoms with Crippen LogP contribution >= 0.6 is 0 Å². The molecular weight excluding hydrogens is 827 g/mol. The topological polar surface area (TPSA) is 149 Å². The van der Waals surface area contributed by atoms with Crippen molar-refractivity contribution < 1.29 is 9.84 Å². The highest BCUT2D eigenvalue weighted by Gasteiger charge is 2.23. The first kappa shape index (κ1) is 42.7. The van der Waals surface area contributed by atoms with Gasteiger partial charge in [-0.25, -0.2) is 29.0 Å². The van der Waals surface area contributed by atoms with Crippen LogP contribution in [0.2, 0.25) is 0 Å². The number of rotatable bonds is 12. The highest BCUT2D eigenvalue weighted by molar-refractivity contribution is 5.79. The van der Waals surface area contributed by atoms with E-state index in [4.69, 9.17) is 19.8 Å². The largest absolute Gasteiger partial charge is 0.508 e. The number of aromatic hydroxyl groups is 1. The van der Waals surface area contributed by atoms with Gasteiger partial charge in [-0.05, 0) is 126 Å². The number of nitrogens with zero attached hydrogens (tertiary/aromatic N) is 11. The summed E-state index contributed by atoms with van der Waals surface area (Å²) in [7, 11) is 0. The number of benzene rings is 2. The van der Waals surface area contributed by atoms with Crippen molar-refractivity contribution in [3.8, 4) is 34.0 Å². The van der Waals surface area contributed by atoms with Crippen molar-refractivity contribution in [2.45, 2.75) is 70.9 Å². The van der Waals surface area contributed by atoms with Gasteiger partial charge in [-0.15, -0.1) is 0 Å². The first-order valence-corrected chi connectivity index (χ1v) is 23.4. The van der Waals surface area contributed by atoms with Gasteiger partial charge in [-0.3, -0.25) is 4.90 Å². The third kappa shape index (κ3) is 9.71. The molecule has 0 amide bonds. The molecule has 3 aliphatic heterocycles. The summed E-state index contributed by atoms with van der Waals surface area (Å²) in [4.78, 5) is 25.9. The van der Waals surface area contributed by atoms with Crippen LogP contribution in [0.25, 0.3) is 33.8 Å². The third-order valence-electron chi connectivity index (χ3n) is 12.8. The Morgan fingerprint density at radius 2 is 1.15 bits per heavy atom. The summed E-state index contributed by atoms with van der Waals surface area (Å²) >= 11 is 0. The van der Waals surface area contributed by atoms with Crippen LogP contribution < -0.4 is 25.2 Å². The Morgan fingerprint density at radius 1 is 0.606 bits per heavy atom. The number of anilines is 6. The summed E-state index contributed by atoms with van der Waals surface area (Å²) in [6.07, 6.45) is 15.9. The fourth-order valence-corrected chi connectivity index (χ4v) is 9.31. The van der Waals surface area contributed by atoms with Crippen LogP contribution in [0.1, 0.15) is 58.8 Å². The van der Waals surface area contributed by atoms with E-state index in [0.717, 1.165) is 93.8 Å². The average Bonchev–Trinajstić information content (AvgIpc) is 4.19. The third-order valence-corrected chi connectivity index (χ3v) is 12.8. The van der Waals surface area contributed by atoms with Gasteiger partial charge in [0, 0.05) is 67.6 Å². The van der Waals surface area contributed by atoms with Gasteiger partial charge in [-0.1, -0.05) is 42.8 Å². The molecule has 3 fully saturated rings. The van der Waals surface area contributed by atoms with Gasteiger partial charge in [-0.2, -0.15) is 10.2 Å². The van der Waals surface area contributed by atoms with Gasteiger partial charge in [0.1, 0.15) is 41.4 Å². The van der Waals surface area contributed by atoms with E-state index in [1.807, 2.05) is 65.4 Å². The Bertz CT molecular complexity index is 2910. The molecule has 66 heavy (non-hydrogen) atoms. The van der Waals surface area contributed by atoms with E-state index >= 15 is 0 Å². The number of hydrogen-bond donors (Lipinski definition) is 3. The summed E-state index contributed by atoms with van der Waals surface area (Å²) in [5, 5.41) is 26.2. The van der Waals surface area contributed by atoms with Gasteiger partial charge in [0.05, 0.1) is 22.8 Å². The highest BCUT2D eigenvalue weighted by atomic mass is 16.5. The molecule has 9 heterocycles. The van der Waals surface area contributed by atoms with E-state index in [9.17, 15) is 5.11 Å². The number of aromatic nitrogens is 8. The Labute approximate surface area is 385 Å². The number of ether oxygens (including phenoxy) is 1. The molecule has 0 bridgehead atoms. The van der Waals surface area contributed by atoms with Gasteiger partial charge in [0.25, 0.3) is 0 Å². The predicted molar refractivity (Wildman–Crippen MR) is 261 cm³/mol. The first-order chi connectivity index (χ1) is 32.4. The molecule has 2 atom stereocenters. The van der Waals surface area contributed by atoms with E-state index in [1.165, 1.54) is 58.0 Å². The number of likely N-dealkylation sites (tertiary alicyclic amines) is 1. The molecule has 6 aromatic heterocycles. The van der Waals surface area contributed by atoms with Crippen molar-refractivity contribution in [3.05, 3.63) is 122 Å². The minimum atomic E-state index is 0.207. The molecule has 2 unspecified atom stereocenters. The molecule has 3 aliphatic rings. The Kier molecular flexibility index (Phi) is 12.6. The maximum atomic E-state index is 9.83. The molecule has 3 saturated heterocycles. The molecule has 3 N–H and O–H groups in total. The molecule has 338 valence electrons. The lowest BCUT2D eigenvalue weighted by atomic mass is 10.1. The van der Waals surface area contributed by atoms with Crippen molar-refractivity contribution in [2.75, 3.05) is 59.8 Å². The van der Waals surface area contributed by atoms with E-state index < -0.39 is 0 Å². The average molecular weight is 884 g/mol. The minimum Gasteiger partial charge on any atom is -0.508 e. The molecule has 0 aliphatic carbocycles. The van der Waals surface area contributed by atoms with Crippen molar-refractivity contribution in [2.24, 2.45) is 0 Å². The second-order valence-corrected chi connectivity index (χ2v) is 17.5. The van der Waals surface area contributed by atoms with E-state index in [1.54, 1.807) is 35.1 Å². The zero-order chi connectivity index (χ0) is 44.8. The number of pyridine rings is 2. The second-order valence-electron chi connectivity index (χ2n) is 17.5. The van der Waals surface area contributed by atoms with Crippen molar-refractivity contribution in [1.82, 2.24) is 44.1 Å². The fourth-order valence-electron chi connectivity index (χ4n) is 9.31. The van der Waals surface area contributed by atoms with Crippen LogP contribution in [-0.4, -0.2) is 101 Å². The minimum absolute atomic E-state index is 0.207. The van der Waals surface area contributed by atoms with Gasteiger partial charge in [0.2, 0.25) is 0 Å². The van der Waals surface area contributed by atoms with Crippen LogP contribution in [0, 0.1) is 0 Å². The molecular formula is C51H57N13O2. The number of phenolic OH excluding ortho intramolecular Hbond substituents is 1. The van der Waals surface area contributed by atoms with Crippen molar-refractivity contribution in [3.63, 3.8) is 0 Å². The maximum absolute atomic E-state index is 9.83. The highest BCUT2D eigenvalue weighted by Crippen LogP contribution is 2.32. The standard InChI is InChI=1S/C29H35N7O.C22H22N6O/c1-22-8-7-16-35(22)28-12-6-11-27(32-28)31-26-21-25(33-36-17-13-30-29(26)36)23-9-5-10-24(20-23)37-19-18-34-14-3-2-4-15-34;1-15-5-4-11-27(15)21-9-3-8-20(25-21)24-19-14-18(16-6-2-7-17(29)13-16)26-28-12-10-23-22(19)28/h5-6,9-13,17,20-22H,2-4,7-8,14-16,18-19H2,1H3,(H,31,32);2-3,6-10,12-15,29H,4-5,11H2,1H3,(H,24,25). The van der Waals surface area contributed by atoms with Crippen LogP contribution in [0.15, 0.2) is 122 Å². The summed E-state index contributed by atoms with van der Waals surface area (Å²) in [6.45, 7) is 10.6. The molecule has 15 nitrogen and oxygen atoms in total. The van der Waals surface area contributed by atoms with Gasteiger partial charge >= 0.3 is 0 Å². The zero-order valence-electron chi connectivity index (χ0n) is 37.7. The number of hydrogen-bond acceptors (Lipinski definition) is 13. The van der Waals surface area contributed by atoms with Crippen molar-refractivity contribution in [1.29, 1.82) is 0 Å². The predicted octanol–water partition coefficient (Wildman–Crippen LogP) is 9.62. The quantitative estimate of drug-likeness (QED) is 0.107. The first-order valence-electron chi connectivity index (χ1n) is 23.4. The maximum Gasteiger partial charge on any atom is 0.177 e. The van der Waals surface area contributed by atoms with E-state index in [-0.39, 0.29) is 5.75 Å². The monoisotopic (exact) mass is 883 g/mol. The SMILES string of the molecule is CC1CCCN1c1cccc(Nc2cc(-c3cccc(O)c3)nn3ccnc23)n1.CC1CCCN1c1cccc(Nc2cc(-c3cccc(OCCN4CCCCC4)c3)nn3ccnc23)n1. The second kappa shape index (κ2) is 19.5. The number of nitrogens with one attached hydrogen (secondary N) is 2. The Balaban J connectivity index is 0.000000160. The molecule has 15 heteroatoms. The van der Waals surface area contributed by atoms with E-state index in [2.05, 4.69) is 84.6 Å². The normalized spacial score (nSPS) is 17.5. The summed E-state index contributed by atoms with van der Waals surface area (Å²) in [6, 6.07) is 32.4. The number of phenols is 1. The Hall–Kier alpha value is -7.26. The molecule has 0 spiro atoms. The van der Waals surface area contributed by atoms with Crippen molar-refractivity contribution >= 4 is 45.9 Å². The van der Waals surface area contributed by atoms with Crippen LogP contribution in [0.5, 0.6) is 11.5 Å². The molecule has 0 radical (unpaired) electrons. The molecule has 2 aromatic carbocycles. The summed E-state index contributed by atoms with van der Waals surface area (Å²) in [5.41, 5.74) is 6.57. The van der Waals surface area contributed by atoms with Crippen LogP contribution in [0.3, 0.4) is 0 Å². The van der Waals surface area contributed by atoms with E-state index in [0.29, 0.717) is 18.7 Å². The zero-order valence-corrected chi connectivity index (χ0v) is 37.7. The van der Waals surface area contributed by atoms with Gasteiger partial charge in [0.15, 0.2) is 11.3 Å².